The summed E-state index contributed by atoms with van der Waals surface area (Å²) in [6.45, 7) is 0.670. The number of aromatic nitrogens is 1. The Morgan fingerprint density at radius 3 is 2.77 bits per heavy atom. The summed E-state index contributed by atoms with van der Waals surface area (Å²) < 4.78 is 25.8. The highest BCUT2D eigenvalue weighted by Crippen LogP contribution is 2.25. The molecule has 1 heterocycles. The molecule has 0 bridgehead atoms. The molecule has 1 rings (SSSR count). The Labute approximate surface area is 75.2 Å². The maximum Gasteiger partial charge on any atom is 0.312 e. The number of hydrogen-bond donors (Lipinski definition) is 1. The van der Waals surface area contributed by atoms with Crippen molar-refractivity contribution in [3.63, 3.8) is 0 Å². The van der Waals surface area contributed by atoms with Crippen LogP contribution >= 0.6 is 0 Å². The van der Waals surface area contributed by atoms with Crippen LogP contribution in [0.2, 0.25) is 0 Å². The van der Waals surface area contributed by atoms with E-state index in [0.717, 1.165) is 5.56 Å². The summed E-state index contributed by atoms with van der Waals surface area (Å²) in [5.41, 5.74) is 0.424. The van der Waals surface area contributed by atoms with Gasteiger partial charge < -0.3 is 5.11 Å². The van der Waals surface area contributed by atoms with Crippen LogP contribution in [0.5, 0.6) is 0 Å². The third kappa shape index (κ3) is 2.21. The molecule has 0 unspecified atom stereocenters. The van der Waals surface area contributed by atoms with Crippen LogP contribution in [0.25, 0.3) is 0 Å². The minimum absolute atomic E-state index is 0.366. The molecule has 0 fully saturated rings. The van der Waals surface area contributed by atoms with Gasteiger partial charge in [0.05, 0.1) is 0 Å². The van der Waals surface area contributed by atoms with E-state index in [1.807, 2.05) is 6.92 Å². The van der Waals surface area contributed by atoms with Gasteiger partial charge in [-0.05, 0) is 24.1 Å². The van der Waals surface area contributed by atoms with Gasteiger partial charge in [-0.3, -0.25) is 4.98 Å². The van der Waals surface area contributed by atoms with Crippen LogP contribution in [0, 0.1) is 0 Å². The third-order valence-corrected chi connectivity index (χ3v) is 1.81. The molecule has 4 heteroatoms. The van der Waals surface area contributed by atoms with E-state index in [0.29, 0.717) is 6.42 Å². The van der Waals surface area contributed by atoms with Crippen LogP contribution in [0.4, 0.5) is 8.78 Å². The van der Waals surface area contributed by atoms with Gasteiger partial charge in [-0.25, -0.2) is 0 Å². The fraction of sp³-hybridized carbons (Fsp3) is 0.444. The lowest BCUT2D eigenvalue weighted by Crippen LogP contribution is -2.20. The minimum atomic E-state index is -3.23. The van der Waals surface area contributed by atoms with Crippen molar-refractivity contribution in [3.8, 4) is 0 Å². The minimum Gasteiger partial charge on any atom is -0.390 e. The van der Waals surface area contributed by atoms with Gasteiger partial charge >= 0.3 is 5.92 Å². The molecule has 0 aliphatic rings. The molecule has 1 aromatic heterocycles. The van der Waals surface area contributed by atoms with Gasteiger partial charge in [0, 0.05) is 6.20 Å². The Kier molecular flexibility index (Phi) is 2.93. The molecule has 0 saturated heterocycles. The average Bonchev–Trinajstić information content (AvgIpc) is 2.18. The van der Waals surface area contributed by atoms with E-state index >= 15 is 0 Å². The summed E-state index contributed by atoms with van der Waals surface area (Å²) in [5, 5.41) is 8.42. The predicted molar refractivity (Wildman–Crippen MR) is 44.6 cm³/mol. The van der Waals surface area contributed by atoms with Gasteiger partial charge in [-0.1, -0.05) is 6.92 Å². The molecule has 1 aromatic rings. The van der Waals surface area contributed by atoms with Crippen LogP contribution in [0.3, 0.4) is 0 Å². The van der Waals surface area contributed by atoms with Crippen LogP contribution in [-0.2, 0) is 12.3 Å². The normalized spacial score (nSPS) is 11.7. The maximum absolute atomic E-state index is 12.9. The van der Waals surface area contributed by atoms with E-state index in [9.17, 15) is 8.78 Å². The number of hydrogen-bond acceptors (Lipinski definition) is 2. The van der Waals surface area contributed by atoms with Gasteiger partial charge in [0.2, 0.25) is 0 Å². The molecule has 0 radical (unpaired) electrons. The van der Waals surface area contributed by atoms with Gasteiger partial charge in [0.15, 0.2) is 0 Å². The largest absolute Gasteiger partial charge is 0.390 e. The summed E-state index contributed by atoms with van der Waals surface area (Å²) >= 11 is 0. The highest BCUT2D eigenvalue weighted by Gasteiger charge is 2.32. The zero-order valence-electron chi connectivity index (χ0n) is 7.30. The van der Waals surface area contributed by atoms with Crippen molar-refractivity contribution < 1.29 is 13.9 Å². The maximum atomic E-state index is 12.9. The molecule has 0 atom stereocenters. The van der Waals surface area contributed by atoms with Crippen LogP contribution in [0.15, 0.2) is 18.3 Å². The third-order valence-electron chi connectivity index (χ3n) is 1.81. The van der Waals surface area contributed by atoms with E-state index < -0.39 is 12.5 Å². The SMILES string of the molecule is CCc1ccnc(C(F)(F)CO)c1. The van der Waals surface area contributed by atoms with Crippen molar-refractivity contribution in [2.24, 2.45) is 0 Å². The molecular formula is C9H11F2NO. The second kappa shape index (κ2) is 3.79. The molecule has 0 aliphatic heterocycles. The van der Waals surface area contributed by atoms with E-state index in [1.165, 1.54) is 12.3 Å². The molecule has 2 nitrogen and oxygen atoms in total. The van der Waals surface area contributed by atoms with E-state index in [4.69, 9.17) is 5.11 Å². The van der Waals surface area contributed by atoms with Gasteiger partial charge in [-0.2, -0.15) is 8.78 Å². The zero-order valence-corrected chi connectivity index (χ0v) is 7.30. The molecule has 0 amide bonds. The highest BCUT2D eigenvalue weighted by molar-refractivity contribution is 5.19. The van der Waals surface area contributed by atoms with Crippen molar-refractivity contribution in [2.75, 3.05) is 6.61 Å². The van der Waals surface area contributed by atoms with Gasteiger partial charge in [0.1, 0.15) is 12.3 Å². The lowest BCUT2D eigenvalue weighted by Gasteiger charge is -2.12. The zero-order chi connectivity index (χ0) is 9.90. The fourth-order valence-corrected chi connectivity index (χ4v) is 0.975. The Hall–Kier alpha value is -1.03. The lowest BCUT2D eigenvalue weighted by molar-refractivity contribution is -0.0592. The Morgan fingerprint density at radius 1 is 1.54 bits per heavy atom. The molecule has 1 N–H and O–H groups in total. The summed E-state index contributed by atoms with van der Waals surface area (Å²) in [5.74, 6) is -3.23. The summed E-state index contributed by atoms with van der Waals surface area (Å²) in [6.07, 6.45) is 2.01. The highest BCUT2D eigenvalue weighted by atomic mass is 19.3. The monoisotopic (exact) mass is 187 g/mol. The summed E-state index contributed by atoms with van der Waals surface area (Å²) in [6, 6.07) is 2.99. The van der Waals surface area contributed by atoms with Crippen molar-refractivity contribution in [1.29, 1.82) is 0 Å². The van der Waals surface area contributed by atoms with E-state index in [2.05, 4.69) is 4.98 Å². The first-order valence-electron chi connectivity index (χ1n) is 4.04. The van der Waals surface area contributed by atoms with Crippen molar-refractivity contribution in [3.05, 3.63) is 29.6 Å². The molecule has 0 saturated carbocycles. The molecule has 13 heavy (non-hydrogen) atoms. The number of halogens is 2. The molecule has 0 aromatic carbocycles. The van der Waals surface area contributed by atoms with Crippen molar-refractivity contribution in [1.82, 2.24) is 4.98 Å². The van der Waals surface area contributed by atoms with Gasteiger partial charge in [-0.15, -0.1) is 0 Å². The number of aliphatic hydroxyl groups excluding tert-OH is 1. The Morgan fingerprint density at radius 2 is 2.23 bits per heavy atom. The van der Waals surface area contributed by atoms with Crippen molar-refractivity contribution in [2.45, 2.75) is 19.3 Å². The molecular weight excluding hydrogens is 176 g/mol. The summed E-state index contributed by atoms with van der Waals surface area (Å²) in [7, 11) is 0. The summed E-state index contributed by atoms with van der Waals surface area (Å²) in [4.78, 5) is 3.52. The lowest BCUT2D eigenvalue weighted by atomic mass is 10.1. The first kappa shape index (κ1) is 10.1. The number of nitrogens with zero attached hydrogens (tertiary/aromatic N) is 1. The quantitative estimate of drug-likeness (QED) is 0.781. The standard InChI is InChI=1S/C9H11F2NO/c1-2-7-3-4-12-8(5-7)9(10,11)6-13/h3-5,13H,2,6H2,1H3. The number of alkyl halides is 2. The number of aryl methyl sites for hydroxylation is 1. The van der Waals surface area contributed by atoms with Crippen molar-refractivity contribution >= 4 is 0 Å². The fourth-order valence-electron chi connectivity index (χ4n) is 0.975. The van der Waals surface area contributed by atoms with Crippen LogP contribution in [0.1, 0.15) is 18.2 Å². The smallest absolute Gasteiger partial charge is 0.312 e. The molecule has 0 aliphatic carbocycles. The number of aliphatic hydroxyl groups is 1. The first-order chi connectivity index (χ1) is 6.10. The number of pyridine rings is 1. The Balaban J connectivity index is 3.01. The molecule has 0 spiro atoms. The Bertz CT molecular complexity index is 289. The second-order valence-corrected chi connectivity index (χ2v) is 2.77. The topological polar surface area (TPSA) is 33.1 Å². The second-order valence-electron chi connectivity index (χ2n) is 2.77. The first-order valence-corrected chi connectivity index (χ1v) is 4.04. The number of rotatable bonds is 3. The van der Waals surface area contributed by atoms with Crippen LogP contribution in [-0.4, -0.2) is 16.7 Å². The van der Waals surface area contributed by atoms with E-state index in [-0.39, 0.29) is 5.69 Å². The predicted octanol–water partition coefficient (Wildman–Crippen LogP) is 1.73. The van der Waals surface area contributed by atoms with Crippen LogP contribution < -0.4 is 0 Å². The molecule has 72 valence electrons. The van der Waals surface area contributed by atoms with E-state index in [1.54, 1.807) is 6.07 Å². The van der Waals surface area contributed by atoms with Gasteiger partial charge in [0.25, 0.3) is 0 Å². The average molecular weight is 187 g/mol.